The first-order valence-corrected chi connectivity index (χ1v) is 5.43. The number of aliphatic hydroxyl groups is 1. The molecule has 2 fully saturated rings. The van der Waals surface area contributed by atoms with Gasteiger partial charge in [0.2, 0.25) is 5.89 Å². The van der Waals surface area contributed by atoms with Gasteiger partial charge < -0.3 is 14.9 Å². The van der Waals surface area contributed by atoms with E-state index < -0.39 is 0 Å². The van der Waals surface area contributed by atoms with Crippen molar-refractivity contribution < 1.29 is 9.63 Å². The molecule has 2 aliphatic rings. The molecule has 0 unspecified atom stereocenters. The van der Waals surface area contributed by atoms with Crippen molar-refractivity contribution in [1.29, 1.82) is 0 Å². The van der Waals surface area contributed by atoms with Crippen LogP contribution in [0.2, 0.25) is 0 Å². The lowest BCUT2D eigenvalue weighted by Crippen LogP contribution is -2.15. The molecule has 1 aliphatic heterocycles. The van der Waals surface area contributed by atoms with Crippen LogP contribution in [0.1, 0.15) is 43.9 Å². The van der Waals surface area contributed by atoms with Crippen molar-refractivity contribution in [3.8, 4) is 0 Å². The summed E-state index contributed by atoms with van der Waals surface area (Å²) in [4.78, 5) is 4.41. The van der Waals surface area contributed by atoms with Crippen molar-refractivity contribution in [1.82, 2.24) is 15.5 Å². The highest BCUT2D eigenvalue weighted by Crippen LogP contribution is 2.46. The fraction of sp³-hybridized carbons (Fsp3) is 0.800. The van der Waals surface area contributed by atoms with E-state index in [0.717, 1.165) is 18.7 Å². The van der Waals surface area contributed by atoms with Gasteiger partial charge in [0.1, 0.15) is 0 Å². The second kappa shape index (κ2) is 3.02. The maximum atomic E-state index is 9.39. The third kappa shape index (κ3) is 1.55. The van der Waals surface area contributed by atoms with Crippen molar-refractivity contribution in [3.63, 3.8) is 0 Å². The van der Waals surface area contributed by atoms with Gasteiger partial charge in [-0.15, -0.1) is 0 Å². The molecule has 82 valence electrons. The van der Waals surface area contributed by atoms with Crippen LogP contribution in [-0.2, 0) is 5.41 Å². The summed E-state index contributed by atoms with van der Waals surface area (Å²) < 4.78 is 5.23. The summed E-state index contributed by atoms with van der Waals surface area (Å²) in [6, 6.07) is 0.0311. The second-order valence-corrected chi connectivity index (χ2v) is 4.87. The molecule has 2 N–H and O–H groups in total. The first-order valence-electron chi connectivity index (χ1n) is 5.43. The average Bonchev–Trinajstić information content (AvgIpc) is 2.72. The molecule has 5 nitrogen and oxygen atoms in total. The second-order valence-electron chi connectivity index (χ2n) is 4.87. The summed E-state index contributed by atoms with van der Waals surface area (Å²) in [5, 5.41) is 16.6. The average molecular weight is 209 g/mol. The van der Waals surface area contributed by atoms with Gasteiger partial charge >= 0.3 is 0 Å². The highest BCUT2D eigenvalue weighted by molar-refractivity contribution is 5.15. The van der Waals surface area contributed by atoms with Gasteiger partial charge in [0, 0.05) is 12.0 Å². The molecule has 2 atom stereocenters. The van der Waals surface area contributed by atoms with Crippen LogP contribution in [0.25, 0.3) is 0 Å². The van der Waals surface area contributed by atoms with Crippen molar-refractivity contribution >= 4 is 0 Å². The van der Waals surface area contributed by atoms with Crippen LogP contribution < -0.4 is 5.32 Å². The number of hydrogen-bond donors (Lipinski definition) is 2. The highest BCUT2D eigenvalue weighted by atomic mass is 16.5. The molecule has 1 aliphatic carbocycles. The molecule has 1 aromatic heterocycles. The van der Waals surface area contributed by atoms with Crippen LogP contribution in [0.4, 0.5) is 0 Å². The van der Waals surface area contributed by atoms with E-state index in [-0.39, 0.29) is 17.6 Å². The van der Waals surface area contributed by atoms with Gasteiger partial charge in [-0.1, -0.05) is 12.1 Å². The van der Waals surface area contributed by atoms with Gasteiger partial charge in [0.15, 0.2) is 5.82 Å². The molecule has 3 rings (SSSR count). The standard InChI is InChI=1S/C10H15N3O2/c1-10(2-3-10)9-12-8(15-13-9)7-4-6(14)5-11-7/h6-7,11,14H,2-5H2,1H3/t6-,7-/m1/s1. The smallest absolute Gasteiger partial charge is 0.243 e. The predicted octanol–water partition coefficient (Wildman–Crippen LogP) is 0.516. The zero-order chi connectivity index (χ0) is 10.5. The van der Waals surface area contributed by atoms with Gasteiger partial charge in [-0.2, -0.15) is 4.98 Å². The van der Waals surface area contributed by atoms with E-state index in [0.29, 0.717) is 18.9 Å². The molecule has 1 saturated carbocycles. The number of nitrogens with zero attached hydrogens (tertiary/aromatic N) is 2. The van der Waals surface area contributed by atoms with Crippen molar-refractivity contribution in [3.05, 3.63) is 11.7 Å². The Morgan fingerprint density at radius 1 is 1.53 bits per heavy atom. The quantitative estimate of drug-likeness (QED) is 0.743. The molecule has 0 radical (unpaired) electrons. The zero-order valence-electron chi connectivity index (χ0n) is 8.73. The zero-order valence-corrected chi connectivity index (χ0v) is 8.73. The minimum atomic E-state index is -0.290. The van der Waals surface area contributed by atoms with Gasteiger partial charge in [-0.3, -0.25) is 0 Å². The molecular weight excluding hydrogens is 194 g/mol. The Hall–Kier alpha value is -0.940. The fourth-order valence-electron chi connectivity index (χ4n) is 1.94. The predicted molar refractivity (Wildman–Crippen MR) is 52.3 cm³/mol. The summed E-state index contributed by atoms with van der Waals surface area (Å²) in [7, 11) is 0. The molecule has 0 bridgehead atoms. The van der Waals surface area contributed by atoms with E-state index in [1.54, 1.807) is 0 Å². The lowest BCUT2D eigenvalue weighted by atomic mass is 10.1. The molecule has 15 heavy (non-hydrogen) atoms. The van der Waals surface area contributed by atoms with Gasteiger partial charge in [-0.05, 0) is 19.3 Å². The summed E-state index contributed by atoms with van der Waals surface area (Å²) in [5.74, 6) is 1.44. The molecule has 0 spiro atoms. The number of aliphatic hydroxyl groups excluding tert-OH is 1. The van der Waals surface area contributed by atoms with Crippen LogP contribution in [0.3, 0.4) is 0 Å². The Morgan fingerprint density at radius 3 is 2.93 bits per heavy atom. The Labute approximate surface area is 87.9 Å². The van der Waals surface area contributed by atoms with Crippen molar-refractivity contribution in [2.75, 3.05) is 6.54 Å². The molecule has 2 heterocycles. The number of hydrogen-bond acceptors (Lipinski definition) is 5. The Bertz CT molecular complexity index is 372. The van der Waals surface area contributed by atoms with Crippen LogP contribution >= 0.6 is 0 Å². The van der Waals surface area contributed by atoms with E-state index in [9.17, 15) is 5.11 Å². The normalized spacial score (nSPS) is 33.2. The van der Waals surface area contributed by atoms with E-state index in [4.69, 9.17) is 4.52 Å². The lowest BCUT2D eigenvalue weighted by molar-refractivity contribution is 0.191. The number of nitrogens with one attached hydrogen (secondary N) is 1. The topological polar surface area (TPSA) is 71.2 Å². The fourth-order valence-corrected chi connectivity index (χ4v) is 1.94. The molecule has 5 heteroatoms. The van der Waals surface area contributed by atoms with Crippen molar-refractivity contribution in [2.45, 2.75) is 43.7 Å². The lowest BCUT2D eigenvalue weighted by Gasteiger charge is -2.02. The van der Waals surface area contributed by atoms with Crippen LogP contribution in [0, 0.1) is 0 Å². The van der Waals surface area contributed by atoms with Crippen molar-refractivity contribution in [2.24, 2.45) is 0 Å². The monoisotopic (exact) mass is 209 g/mol. The maximum absolute atomic E-state index is 9.39. The summed E-state index contributed by atoms with van der Waals surface area (Å²) >= 11 is 0. The minimum absolute atomic E-state index is 0.0311. The van der Waals surface area contributed by atoms with E-state index in [1.807, 2.05) is 0 Å². The molecule has 1 saturated heterocycles. The number of aromatic nitrogens is 2. The van der Waals surface area contributed by atoms with Gasteiger partial charge in [-0.25, -0.2) is 0 Å². The Balaban J connectivity index is 1.79. The van der Waals surface area contributed by atoms with Gasteiger partial charge in [0.05, 0.1) is 12.1 Å². The van der Waals surface area contributed by atoms with Gasteiger partial charge in [0.25, 0.3) is 0 Å². The molecule has 0 aromatic carbocycles. The summed E-state index contributed by atoms with van der Waals surface area (Å²) in [5.41, 5.74) is 0.152. The number of β-amino-alcohol motifs (C(OH)–C–C–N with tert-alkyl or cyclic N) is 1. The first kappa shape index (κ1) is 9.30. The Kier molecular flexibility index (Phi) is 1.87. The largest absolute Gasteiger partial charge is 0.392 e. The third-order valence-corrected chi connectivity index (χ3v) is 3.39. The van der Waals surface area contributed by atoms with Crippen LogP contribution in [0.15, 0.2) is 4.52 Å². The molecule has 0 amide bonds. The van der Waals surface area contributed by atoms with Crippen LogP contribution in [0.5, 0.6) is 0 Å². The summed E-state index contributed by atoms with van der Waals surface area (Å²) in [6.07, 6.45) is 2.67. The maximum Gasteiger partial charge on any atom is 0.243 e. The summed E-state index contributed by atoms with van der Waals surface area (Å²) in [6.45, 7) is 2.76. The van der Waals surface area contributed by atoms with Crippen LogP contribution in [-0.4, -0.2) is 27.9 Å². The van der Waals surface area contributed by atoms with E-state index in [2.05, 4.69) is 22.4 Å². The SMILES string of the molecule is CC1(c2noc([C@H]3C[C@@H](O)CN3)n2)CC1. The van der Waals surface area contributed by atoms with E-state index in [1.165, 1.54) is 0 Å². The van der Waals surface area contributed by atoms with E-state index >= 15 is 0 Å². The first-order chi connectivity index (χ1) is 7.17. The molecular formula is C10H15N3O2. The minimum Gasteiger partial charge on any atom is -0.392 e. The number of rotatable bonds is 2. The Morgan fingerprint density at radius 2 is 2.33 bits per heavy atom. The highest BCUT2D eigenvalue weighted by Gasteiger charge is 2.44. The third-order valence-electron chi connectivity index (χ3n) is 3.39. The molecule has 1 aromatic rings.